The highest BCUT2D eigenvalue weighted by Crippen LogP contribution is 2.37. The molecule has 0 unspecified atom stereocenters. The maximum atomic E-state index is 13.5. The summed E-state index contributed by atoms with van der Waals surface area (Å²) < 4.78 is 59.2. The van der Waals surface area contributed by atoms with E-state index in [1.165, 1.54) is 36.2 Å². The molecule has 1 heterocycles. The van der Waals surface area contributed by atoms with E-state index >= 15 is 0 Å². The van der Waals surface area contributed by atoms with Gasteiger partial charge in [0.25, 0.3) is 0 Å². The van der Waals surface area contributed by atoms with E-state index < -0.39 is 17.6 Å². The Labute approximate surface area is 171 Å². The van der Waals surface area contributed by atoms with Gasteiger partial charge >= 0.3 is 6.18 Å². The van der Waals surface area contributed by atoms with E-state index in [1.807, 2.05) is 13.8 Å². The van der Waals surface area contributed by atoms with E-state index in [2.05, 4.69) is 15.3 Å². The summed E-state index contributed by atoms with van der Waals surface area (Å²) in [5, 5.41) is 2.89. The quantitative estimate of drug-likeness (QED) is 0.501. The minimum Gasteiger partial charge on any atom is -0.491 e. The van der Waals surface area contributed by atoms with Crippen molar-refractivity contribution in [1.29, 1.82) is 0 Å². The third kappa shape index (κ3) is 5.16. The summed E-state index contributed by atoms with van der Waals surface area (Å²) in [5.41, 5.74) is -0.0662. The summed E-state index contributed by atoms with van der Waals surface area (Å²) in [6.45, 7) is 3.81. The van der Waals surface area contributed by atoms with Crippen molar-refractivity contribution >= 4 is 23.1 Å². The summed E-state index contributed by atoms with van der Waals surface area (Å²) in [5.74, 6) is -0.186. The monoisotopic (exact) mass is 420 g/mol. The van der Waals surface area contributed by atoms with Gasteiger partial charge in [-0.05, 0) is 62.4 Å². The lowest BCUT2D eigenvalue weighted by Crippen LogP contribution is -2.19. The molecule has 0 atom stereocenters. The van der Waals surface area contributed by atoms with E-state index in [1.54, 1.807) is 24.3 Å². The van der Waals surface area contributed by atoms with E-state index in [0.717, 1.165) is 6.20 Å². The predicted octanol–water partition coefficient (Wildman–Crippen LogP) is 5.93. The van der Waals surface area contributed by atoms with Crippen LogP contribution in [-0.2, 0) is 6.18 Å². The number of halogens is 4. The van der Waals surface area contributed by atoms with Crippen LogP contribution in [0, 0.1) is 5.82 Å². The van der Waals surface area contributed by atoms with Crippen molar-refractivity contribution in [2.75, 3.05) is 17.3 Å². The lowest BCUT2D eigenvalue weighted by molar-refractivity contribution is -0.137. The van der Waals surface area contributed by atoms with Crippen LogP contribution in [0.3, 0.4) is 0 Å². The smallest absolute Gasteiger partial charge is 0.421 e. The van der Waals surface area contributed by atoms with Crippen molar-refractivity contribution in [3.05, 3.63) is 66.1 Å². The Bertz CT molecular complexity index is 989. The number of anilines is 4. The van der Waals surface area contributed by atoms with Gasteiger partial charge in [0.15, 0.2) is 5.82 Å². The Morgan fingerprint density at radius 2 is 1.63 bits per heavy atom. The summed E-state index contributed by atoms with van der Waals surface area (Å²) in [6.07, 6.45) is -3.91. The SMILES string of the molecule is CC(C)Oc1ccc(Nc2ncc(C(F)(F)F)c(N(C)c3ccc(F)cc3)n2)cc1. The summed E-state index contributed by atoms with van der Waals surface area (Å²) >= 11 is 0. The molecule has 0 amide bonds. The molecule has 1 aromatic heterocycles. The van der Waals surface area contributed by atoms with Gasteiger partial charge in [-0.25, -0.2) is 9.37 Å². The maximum absolute atomic E-state index is 13.5. The van der Waals surface area contributed by atoms with Crippen LogP contribution in [0.25, 0.3) is 0 Å². The fourth-order valence-corrected chi connectivity index (χ4v) is 2.69. The number of nitrogens with one attached hydrogen (secondary N) is 1. The van der Waals surface area contributed by atoms with E-state index in [4.69, 9.17) is 4.74 Å². The van der Waals surface area contributed by atoms with Gasteiger partial charge < -0.3 is 15.0 Å². The van der Waals surface area contributed by atoms with Crippen LogP contribution in [0.4, 0.5) is 40.7 Å². The van der Waals surface area contributed by atoms with Crippen molar-refractivity contribution in [1.82, 2.24) is 9.97 Å². The van der Waals surface area contributed by atoms with Gasteiger partial charge in [-0.1, -0.05) is 0 Å². The normalized spacial score (nSPS) is 11.5. The molecule has 0 saturated heterocycles. The number of hydrogen-bond donors (Lipinski definition) is 1. The van der Waals surface area contributed by atoms with Gasteiger partial charge in [0.05, 0.1) is 6.10 Å². The summed E-state index contributed by atoms with van der Waals surface area (Å²) in [6, 6.07) is 12.0. The van der Waals surface area contributed by atoms with Crippen LogP contribution in [0.5, 0.6) is 5.75 Å². The highest BCUT2D eigenvalue weighted by molar-refractivity contribution is 5.65. The van der Waals surface area contributed by atoms with E-state index in [-0.39, 0.29) is 17.9 Å². The standard InChI is InChI=1S/C21H20F4N4O/c1-13(2)30-17-10-6-15(7-11-17)27-20-26-12-18(21(23,24)25)19(28-20)29(3)16-8-4-14(22)5-9-16/h4-13H,1-3H3,(H,26,27,28). The van der Waals surface area contributed by atoms with Gasteiger partial charge in [-0.2, -0.15) is 18.2 Å². The number of alkyl halides is 3. The lowest BCUT2D eigenvalue weighted by Gasteiger charge is -2.23. The molecule has 3 aromatic rings. The highest BCUT2D eigenvalue weighted by Gasteiger charge is 2.36. The van der Waals surface area contributed by atoms with Crippen LogP contribution in [-0.4, -0.2) is 23.1 Å². The van der Waals surface area contributed by atoms with Crippen LogP contribution < -0.4 is 15.0 Å². The van der Waals surface area contributed by atoms with Crippen LogP contribution >= 0.6 is 0 Å². The molecule has 0 saturated carbocycles. The largest absolute Gasteiger partial charge is 0.491 e. The van der Waals surface area contributed by atoms with Crippen LogP contribution in [0.1, 0.15) is 19.4 Å². The zero-order valence-electron chi connectivity index (χ0n) is 16.5. The Morgan fingerprint density at radius 1 is 1.00 bits per heavy atom. The van der Waals surface area contributed by atoms with Gasteiger partial charge in [0.2, 0.25) is 5.95 Å². The minimum absolute atomic E-state index is 0.00973. The van der Waals surface area contributed by atoms with Crippen molar-refractivity contribution in [2.24, 2.45) is 0 Å². The third-order valence-corrected chi connectivity index (χ3v) is 4.09. The first kappa shape index (κ1) is 21.4. The van der Waals surface area contributed by atoms with Gasteiger partial charge in [0.1, 0.15) is 17.1 Å². The second-order valence-electron chi connectivity index (χ2n) is 6.78. The minimum atomic E-state index is -4.65. The predicted molar refractivity (Wildman–Crippen MR) is 107 cm³/mol. The number of rotatable bonds is 6. The zero-order valence-corrected chi connectivity index (χ0v) is 16.5. The highest BCUT2D eigenvalue weighted by atomic mass is 19.4. The topological polar surface area (TPSA) is 50.3 Å². The molecule has 0 aliphatic rings. The summed E-state index contributed by atoms with van der Waals surface area (Å²) in [4.78, 5) is 9.10. The second-order valence-corrected chi connectivity index (χ2v) is 6.78. The Hall–Kier alpha value is -3.36. The second kappa shape index (κ2) is 8.56. The molecule has 158 valence electrons. The molecule has 2 aromatic carbocycles. The van der Waals surface area contributed by atoms with Crippen molar-refractivity contribution in [2.45, 2.75) is 26.1 Å². The fourth-order valence-electron chi connectivity index (χ4n) is 2.69. The Balaban J connectivity index is 1.91. The molecule has 3 rings (SSSR count). The lowest BCUT2D eigenvalue weighted by atomic mass is 10.2. The molecule has 5 nitrogen and oxygen atoms in total. The number of ether oxygens (including phenoxy) is 1. The Morgan fingerprint density at radius 3 is 2.20 bits per heavy atom. The molecule has 1 N–H and O–H groups in total. The van der Waals surface area contributed by atoms with Crippen LogP contribution in [0.2, 0.25) is 0 Å². The molecule has 30 heavy (non-hydrogen) atoms. The van der Waals surface area contributed by atoms with Gasteiger partial charge in [0, 0.05) is 24.6 Å². The average molecular weight is 420 g/mol. The molecule has 0 aliphatic heterocycles. The number of aromatic nitrogens is 2. The van der Waals surface area contributed by atoms with E-state index in [0.29, 0.717) is 17.1 Å². The molecular formula is C21H20F4N4O. The molecule has 0 bridgehead atoms. The first-order valence-corrected chi connectivity index (χ1v) is 9.11. The van der Waals surface area contributed by atoms with Crippen molar-refractivity contribution in [3.63, 3.8) is 0 Å². The van der Waals surface area contributed by atoms with E-state index in [9.17, 15) is 17.6 Å². The fraction of sp³-hybridized carbons (Fsp3) is 0.238. The molecule has 9 heteroatoms. The Kier molecular flexibility index (Phi) is 6.09. The molecule has 0 aliphatic carbocycles. The third-order valence-electron chi connectivity index (χ3n) is 4.09. The molecule has 0 fully saturated rings. The zero-order chi connectivity index (χ0) is 21.9. The molecule has 0 spiro atoms. The molecule has 0 radical (unpaired) electrons. The maximum Gasteiger partial charge on any atom is 0.421 e. The number of nitrogens with zero attached hydrogens (tertiary/aromatic N) is 3. The van der Waals surface area contributed by atoms with Crippen molar-refractivity contribution in [3.8, 4) is 5.75 Å². The van der Waals surface area contributed by atoms with Gasteiger partial charge in [-0.15, -0.1) is 0 Å². The number of hydrogen-bond acceptors (Lipinski definition) is 5. The van der Waals surface area contributed by atoms with Crippen LogP contribution in [0.15, 0.2) is 54.7 Å². The van der Waals surface area contributed by atoms with Gasteiger partial charge in [-0.3, -0.25) is 0 Å². The average Bonchev–Trinajstić information content (AvgIpc) is 2.68. The van der Waals surface area contributed by atoms with Crippen molar-refractivity contribution < 1.29 is 22.3 Å². The first-order chi connectivity index (χ1) is 14.1. The molecular weight excluding hydrogens is 400 g/mol. The summed E-state index contributed by atoms with van der Waals surface area (Å²) in [7, 11) is 1.42. The first-order valence-electron chi connectivity index (χ1n) is 9.11. The number of benzene rings is 2.